The molecule has 11 heteroatoms. The van der Waals surface area contributed by atoms with Gasteiger partial charge in [0.15, 0.2) is 4.34 Å². The maximum atomic E-state index is 12.6. The number of rotatable bonds is 7. The van der Waals surface area contributed by atoms with Crippen LogP contribution in [0.5, 0.6) is 0 Å². The molecule has 0 atom stereocenters. The van der Waals surface area contributed by atoms with Crippen molar-refractivity contribution < 1.29 is 13.2 Å². The van der Waals surface area contributed by atoms with Crippen molar-refractivity contribution in [3.63, 3.8) is 0 Å². The monoisotopic (exact) mass is 440 g/mol. The number of aromatic nitrogens is 2. The van der Waals surface area contributed by atoms with Crippen LogP contribution in [0.25, 0.3) is 0 Å². The van der Waals surface area contributed by atoms with Gasteiger partial charge in [-0.15, -0.1) is 21.5 Å². The molecule has 1 aromatic carbocycles. The van der Waals surface area contributed by atoms with Crippen LogP contribution >= 0.6 is 34.4 Å². The highest BCUT2D eigenvalue weighted by atomic mass is 32.2. The quantitative estimate of drug-likeness (QED) is 0.444. The average Bonchev–Trinajstić information content (AvgIpc) is 3.34. The van der Waals surface area contributed by atoms with E-state index in [1.54, 1.807) is 53.5 Å². The maximum Gasteiger partial charge on any atom is 0.273 e. The highest BCUT2D eigenvalue weighted by Gasteiger charge is 2.22. The van der Waals surface area contributed by atoms with Gasteiger partial charge in [-0.05, 0) is 41.5 Å². The number of thiophene rings is 1. The number of amides is 1. The third-order valence-electron chi connectivity index (χ3n) is 3.50. The molecule has 0 saturated carbocycles. The number of hydrogen-bond donors (Lipinski definition) is 1. The molecule has 142 valence electrons. The molecule has 27 heavy (non-hydrogen) atoms. The zero-order valence-corrected chi connectivity index (χ0v) is 17.7. The fraction of sp³-hybridized carbons (Fsp3) is 0.188. The van der Waals surface area contributed by atoms with Crippen LogP contribution in [0.3, 0.4) is 0 Å². The maximum absolute atomic E-state index is 12.6. The molecule has 0 aliphatic heterocycles. The van der Waals surface area contributed by atoms with Crippen LogP contribution in [0.4, 0.5) is 10.8 Å². The fourth-order valence-corrected chi connectivity index (χ4v) is 6.12. The molecule has 0 unspecified atom stereocenters. The Bertz CT molecular complexity index is 1010. The van der Waals surface area contributed by atoms with Gasteiger partial charge in [-0.25, -0.2) is 8.42 Å². The van der Waals surface area contributed by atoms with E-state index in [2.05, 4.69) is 15.5 Å². The van der Waals surface area contributed by atoms with Gasteiger partial charge < -0.3 is 0 Å². The minimum absolute atomic E-state index is 0.267. The van der Waals surface area contributed by atoms with Gasteiger partial charge in [-0.2, -0.15) is 0 Å². The Hall–Kier alpha value is -1.95. The third kappa shape index (κ3) is 4.49. The van der Waals surface area contributed by atoms with Gasteiger partial charge in [0.25, 0.3) is 15.9 Å². The summed E-state index contributed by atoms with van der Waals surface area (Å²) in [5.41, 5.74) is 0.873. The molecule has 0 spiro atoms. The van der Waals surface area contributed by atoms with Crippen molar-refractivity contribution in [3.8, 4) is 0 Å². The average molecular weight is 441 g/mol. The molecule has 0 bridgehead atoms. The number of sulfonamides is 1. The van der Waals surface area contributed by atoms with Crippen LogP contribution in [0.2, 0.25) is 0 Å². The second-order valence-corrected chi connectivity index (χ2v) is 10.8. The summed E-state index contributed by atoms with van der Waals surface area (Å²) in [5, 5.41) is 12.8. The number of thioether (sulfide) groups is 1. The van der Waals surface area contributed by atoms with Gasteiger partial charge in [-0.1, -0.05) is 36.1 Å². The molecule has 3 aromatic rings. The van der Waals surface area contributed by atoms with Crippen molar-refractivity contribution >= 4 is 61.2 Å². The molecule has 0 aliphatic carbocycles. The third-order valence-corrected chi connectivity index (χ3v) is 8.51. The first kappa shape index (κ1) is 19.8. The normalized spacial score (nSPS) is 11.3. The molecule has 2 heterocycles. The number of carbonyl (C=O) groups excluding carboxylic acids is 1. The van der Waals surface area contributed by atoms with Crippen LogP contribution in [-0.2, 0) is 10.0 Å². The van der Waals surface area contributed by atoms with E-state index in [0.29, 0.717) is 16.4 Å². The summed E-state index contributed by atoms with van der Waals surface area (Å²) in [6.45, 7) is 2.02. The molecule has 0 aliphatic rings. The van der Waals surface area contributed by atoms with Gasteiger partial charge in [0.1, 0.15) is 4.21 Å². The summed E-state index contributed by atoms with van der Waals surface area (Å²) in [6.07, 6.45) is 0. The molecule has 2 aromatic heterocycles. The van der Waals surface area contributed by atoms with E-state index in [-0.39, 0.29) is 10.1 Å². The van der Waals surface area contributed by atoms with E-state index in [0.717, 1.165) is 21.4 Å². The Morgan fingerprint density at radius 1 is 1.22 bits per heavy atom. The lowest BCUT2D eigenvalue weighted by Gasteiger charge is -2.18. The van der Waals surface area contributed by atoms with E-state index >= 15 is 0 Å². The van der Waals surface area contributed by atoms with Gasteiger partial charge in [0, 0.05) is 12.6 Å². The largest absolute Gasteiger partial charge is 0.296 e. The highest BCUT2D eigenvalue weighted by Crippen LogP contribution is 2.27. The standard InChI is InChI=1S/C16H16N4O3S4/c1-3-24-16-19-18-15(26-16)17-14(21)11-6-8-12(9-7-11)20(2)27(22,23)13-5-4-10-25-13/h4-10H,3H2,1-2H3,(H,17,18,21). The lowest BCUT2D eigenvalue weighted by Crippen LogP contribution is -2.25. The van der Waals surface area contributed by atoms with Crippen LogP contribution in [0.1, 0.15) is 17.3 Å². The molecule has 0 saturated heterocycles. The summed E-state index contributed by atoms with van der Waals surface area (Å²) in [5.74, 6) is 0.556. The molecule has 3 rings (SSSR count). The van der Waals surface area contributed by atoms with E-state index < -0.39 is 10.0 Å². The fourth-order valence-electron chi connectivity index (χ4n) is 2.12. The summed E-state index contributed by atoms with van der Waals surface area (Å²) >= 11 is 4.03. The van der Waals surface area contributed by atoms with Crippen LogP contribution in [0, 0.1) is 0 Å². The predicted octanol–water partition coefficient (Wildman–Crippen LogP) is 3.79. The summed E-state index contributed by atoms with van der Waals surface area (Å²) in [4.78, 5) is 12.3. The SMILES string of the molecule is CCSc1nnc(NC(=O)c2ccc(N(C)S(=O)(=O)c3cccs3)cc2)s1. The minimum atomic E-state index is -3.60. The van der Waals surface area contributed by atoms with Gasteiger partial charge >= 0.3 is 0 Å². The zero-order valence-electron chi connectivity index (χ0n) is 14.4. The molecular weight excluding hydrogens is 424 g/mol. The van der Waals surface area contributed by atoms with Crippen molar-refractivity contribution in [2.75, 3.05) is 22.4 Å². The van der Waals surface area contributed by atoms with Crippen molar-refractivity contribution in [1.29, 1.82) is 0 Å². The van der Waals surface area contributed by atoms with E-state index in [9.17, 15) is 13.2 Å². The minimum Gasteiger partial charge on any atom is -0.296 e. The van der Waals surface area contributed by atoms with Crippen LogP contribution in [0.15, 0.2) is 50.3 Å². The Morgan fingerprint density at radius 3 is 2.59 bits per heavy atom. The topological polar surface area (TPSA) is 92.3 Å². The van der Waals surface area contributed by atoms with Crippen molar-refractivity contribution in [3.05, 3.63) is 47.3 Å². The lowest BCUT2D eigenvalue weighted by molar-refractivity contribution is 0.102. The van der Waals surface area contributed by atoms with Crippen molar-refractivity contribution in [2.24, 2.45) is 0 Å². The van der Waals surface area contributed by atoms with E-state index in [4.69, 9.17) is 0 Å². The summed E-state index contributed by atoms with van der Waals surface area (Å²) in [6, 6.07) is 9.60. The van der Waals surface area contributed by atoms with Gasteiger partial charge in [0.05, 0.1) is 5.69 Å². The second kappa shape index (κ2) is 8.38. The molecule has 7 nitrogen and oxygen atoms in total. The molecule has 1 N–H and O–H groups in total. The highest BCUT2D eigenvalue weighted by molar-refractivity contribution is 8.01. The summed E-state index contributed by atoms with van der Waals surface area (Å²) in [7, 11) is -2.12. The number of carbonyl (C=O) groups is 1. The number of anilines is 2. The Kier molecular flexibility index (Phi) is 6.15. The number of nitrogens with zero attached hydrogens (tertiary/aromatic N) is 3. The van der Waals surface area contributed by atoms with Gasteiger partial charge in [-0.3, -0.25) is 14.4 Å². The van der Waals surface area contributed by atoms with Gasteiger partial charge in [0.2, 0.25) is 5.13 Å². The first-order valence-electron chi connectivity index (χ1n) is 7.82. The Balaban J connectivity index is 1.71. The smallest absolute Gasteiger partial charge is 0.273 e. The van der Waals surface area contributed by atoms with Crippen molar-refractivity contribution in [1.82, 2.24) is 10.2 Å². The second-order valence-electron chi connectivity index (χ2n) is 5.21. The Labute approximate surface area is 169 Å². The number of hydrogen-bond acceptors (Lipinski definition) is 8. The van der Waals surface area contributed by atoms with Crippen molar-refractivity contribution in [2.45, 2.75) is 15.5 Å². The number of benzene rings is 1. The lowest BCUT2D eigenvalue weighted by atomic mass is 10.2. The predicted molar refractivity (Wildman–Crippen MR) is 111 cm³/mol. The number of nitrogens with one attached hydrogen (secondary N) is 1. The molecular formula is C16H16N4O3S4. The zero-order chi connectivity index (χ0) is 19.4. The van der Waals surface area contributed by atoms with E-state index in [1.807, 2.05) is 6.92 Å². The summed E-state index contributed by atoms with van der Waals surface area (Å²) < 4.78 is 27.4. The first-order valence-corrected chi connectivity index (χ1v) is 11.9. The molecule has 0 fully saturated rings. The van der Waals surface area contributed by atoms with Crippen LogP contribution < -0.4 is 9.62 Å². The van der Waals surface area contributed by atoms with Crippen LogP contribution in [-0.4, -0.2) is 37.3 Å². The molecule has 0 radical (unpaired) electrons. The van der Waals surface area contributed by atoms with E-state index in [1.165, 1.54) is 22.7 Å². The Morgan fingerprint density at radius 2 is 1.96 bits per heavy atom. The molecule has 1 amide bonds. The first-order chi connectivity index (χ1) is 12.9.